The van der Waals surface area contributed by atoms with Crippen molar-refractivity contribution in [3.8, 4) is 5.75 Å². The van der Waals surface area contributed by atoms with Crippen LogP contribution in [0.15, 0.2) is 35.7 Å². The van der Waals surface area contributed by atoms with Crippen LogP contribution >= 0.6 is 11.3 Å². The Labute approximate surface area is 124 Å². The Morgan fingerprint density at radius 3 is 2.80 bits per heavy atom. The number of thiophene rings is 1. The predicted octanol–water partition coefficient (Wildman–Crippen LogP) is 4.25. The standard InChI is InChI=1S/C16H21NO2S/c1-12-6-7-14(15(11-12)19-9-8-18-3)17-13(2)16-5-4-10-20-16/h4-7,10-11,13,17H,8-9H2,1-3H3. The van der Waals surface area contributed by atoms with Gasteiger partial charge in [0.2, 0.25) is 0 Å². The highest BCUT2D eigenvalue weighted by Gasteiger charge is 2.10. The highest BCUT2D eigenvalue weighted by atomic mass is 32.1. The normalized spacial score (nSPS) is 12.2. The number of hydrogen-bond donors (Lipinski definition) is 1. The highest BCUT2D eigenvalue weighted by Crippen LogP contribution is 2.30. The molecular formula is C16H21NO2S. The fourth-order valence-corrected chi connectivity index (χ4v) is 2.68. The Hall–Kier alpha value is -1.52. The van der Waals surface area contributed by atoms with Gasteiger partial charge in [-0.3, -0.25) is 0 Å². The van der Waals surface area contributed by atoms with Gasteiger partial charge in [0.1, 0.15) is 12.4 Å². The maximum absolute atomic E-state index is 5.79. The van der Waals surface area contributed by atoms with E-state index in [4.69, 9.17) is 9.47 Å². The van der Waals surface area contributed by atoms with Crippen LogP contribution in [0.1, 0.15) is 23.4 Å². The van der Waals surface area contributed by atoms with Crippen molar-refractivity contribution in [2.45, 2.75) is 19.9 Å². The van der Waals surface area contributed by atoms with Crippen LogP contribution in [0.25, 0.3) is 0 Å². The summed E-state index contributed by atoms with van der Waals surface area (Å²) in [6.45, 7) is 5.37. The lowest BCUT2D eigenvalue weighted by molar-refractivity contribution is 0.146. The summed E-state index contributed by atoms with van der Waals surface area (Å²) in [6.07, 6.45) is 0. The lowest BCUT2D eigenvalue weighted by Crippen LogP contribution is -2.09. The third kappa shape index (κ3) is 3.99. The second kappa shape index (κ2) is 7.31. The minimum Gasteiger partial charge on any atom is -0.489 e. The molecule has 0 bridgehead atoms. The summed E-state index contributed by atoms with van der Waals surface area (Å²) in [7, 11) is 1.68. The Morgan fingerprint density at radius 2 is 2.10 bits per heavy atom. The first-order valence-corrected chi connectivity index (χ1v) is 7.61. The molecule has 0 saturated heterocycles. The molecule has 108 valence electrons. The average molecular weight is 291 g/mol. The van der Waals surface area contributed by atoms with E-state index in [9.17, 15) is 0 Å². The van der Waals surface area contributed by atoms with Gasteiger partial charge in [0.25, 0.3) is 0 Å². The van der Waals surface area contributed by atoms with Gasteiger partial charge < -0.3 is 14.8 Å². The molecule has 1 aromatic heterocycles. The molecule has 2 aromatic rings. The molecule has 1 atom stereocenters. The van der Waals surface area contributed by atoms with Crippen molar-refractivity contribution in [1.29, 1.82) is 0 Å². The lowest BCUT2D eigenvalue weighted by Gasteiger charge is -2.18. The van der Waals surface area contributed by atoms with Gasteiger partial charge in [0.05, 0.1) is 18.3 Å². The smallest absolute Gasteiger partial charge is 0.142 e. The lowest BCUT2D eigenvalue weighted by atomic mass is 10.2. The third-order valence-corrected chi connectivity index (χ3v) is 4.08. The van der Waals surface area contributed by atoms with E-state index in [1.807, 2.05) is 0 Å². The predicted molar refractivity (Wildman–Crippen MR) is 84.9 cm³/mol. The van der Waals surface area contributed by atoms with Crippen molar-refractivity contribution >= 4 is 17.0 Å². The topological polar surface area (TPSA) is 30.5 Å². The SMILES string of the molecule is COCCOc1cc(C)ccc1NC(C)c1cccs1. The molecule has 0 saturated carbocycles. The van der Waals surface area contributed by atoms with E-state index in [0.717, 1.165) is 11.4 Å². The first kappa shape index (κ1) is 14.9. The van der Waals surface area contributed by atoms with Crippen LogP contribution in [0.3, 0.4) is 0 Å². The van der Waals surface area contributed by atoms with Gasteiger partial charge in [-0.15, -0.1) is 11.3 Å². The molecule has 0 radical (unpaired) electrons. The summed E-state index contributed by atoms with van der Waals surface area (Å²) in [5.41, 5.74) is 2.21. The van der Waals surface area contributed by atoms with Crippen LogP contribution in [0.4, 0.5) is 5.69 Å². The Morgan fingerprint density at radius 1 is 1.25 bits per heavy atom. The maximum Gasteiger partial charge on any atom is 0.142 e. The van der Waals surface area contributed by atoms with E-state index >= 15 is 0 Å². The molecule has 2 rings (SSSR count). The van der Waals surface area contributed by atoms with E-state index < -0.39 is 0 Å². The third-order valence-electron chi connectivity index (χ3n) is 3.02. The molecule has 0 amide bonds. The Balaban J connectivity index is 2.09. The van der Waals surface area contributed by atoms with E-state index in [2.05, 4.69) is 54.9 Å². The van der Waals surface area contributed by atoms with Gasteiger partial charge >= 0.3 is 0 Å². The maximum atomic E-state index is 5.79. The van der Waals surface area contributed by atoms with Crippen LogP contribution in [0, 0.1) is 6.92 Å². The zero-order valence-corrected chi connectivity index (χ0v) is 13.0. The molecule has 3 nitrogen and oxygen atoms in total. The minimum absolute atomic E-state index is 0.266. The van der Waals surface area contributed by atoms with E-state index in [1.165, 1.54) is 10.4 Å². The number of hydrogen-bond acceptors (Lipinski definition) is 4. The first-order valence-electron chi connectivity index (χ1n) is 6.73. The second-order valence-corrected chi connectivity index (χ2v) is 5.70. The van der Waals surface area contributed by atoms with Gasteiger partial charge in [0.15, 0.2) is 0 Å². The van der Waals surface area contributed by atoms with Gasteiger partial charge in [-0.25, -0.2) is 0 Å². The molecule has 20 heavy (non-hydrogen) atoms. The molecule has 1 N–H and O–H groups in total. The number of methoxy groups -OCH3 is 1. The monoisotopic (exact) mass is 291 g/mol. The van der Waals surface area contributed by atoms with Crippen LogP contribution in [0.2, 0.25) is 0 Å². The van der Waals surface area contributed by atoms with Gasteiger partial charge in [-0.1, -0.05) is 12.1 Å². The number of anilines is 1. The molecule has 0 aliphatic rings. The molecule has 0 aliphatic carbocycles. The number of ether oxygens (including phenoxy) is 2. The van der Waals surface area contributed by atoms with Crippen LogP contribution in [0.5, 0.6) is 5.75 Å². The summed E-state index contributed by atoms with van der Waals surface area (Å²) >= 11 is 1.76. The fourth-order valence-electron chi connectivity index (χ4n) is 1.95. The summed E-state index contributed by atoms with van der Waals surface area (Å²) in [6, 6.07) is 10.7. The quantitative estimate of drug-likeness (QED) is 0.773. The summed E-state index contributed by atoms with van der Waals surface area (Å²) < 4.78 is 10.8. The first-order chi connectivity index (χ1) is 9.70. The van der Waals surface area contributed by atoms with Crippen molar-refractivity contribution in [2.75, 3.05) is 25.6 Å². The fraction of sp³-hybridized carbons (Fsp3) is 0.375. The number of benzene rings is 1. The average Bonchev–Trinajstić information content (AvgIpc) is 2.96. The second-order valence-electron chi connectivity index (χ2n) is 4.72. The number of nitrogens with one attached hydrogen (secondary N) is 1. The van der Waals surface area contributed by atoms with Gasteiger partial charge in [-0.2, -0.15) is 0 Å². The zero-order valence-electron chi connectivity index (χ0n) is 12.2. The minimum atomic E-state index is 0.266. The van der Waals surface area contributed by atoms with Crippen molar-refractivity contribution < 1.29 is 9.47 Å². The summed E-state index contributed by atoms with van der Waals surface area (Å²) in [5.74, 6) is 0.880. The molecule has 4 heteroatoms. The van der Waals surface area contributed by atoms with Crippen molar-refractivity contribution in [3.05, 3.63) is 46.2 Å². The number of aryl methyl sites for hydroxylation is 1. The molecule has 1 unspecified atom stereocenters. The molecule has 1 aromatic carbocycles. The van der Waals surface area contributed by atoms with Crippen molar-refractivity contribution in [2.24, 2.45) is 0 Å². The molecule has 0 fully saturated rings. The van der Waals surface area contributed by atoms with Crippen LogP contribution < -0.4 is 10.1 Å². The Bertz CT molecular complexity index is 525. The van der Waals surface area contributed by atoms with Gasteiger partial charge in [-0.05, 0) is 43.0 Å². The molecule has 1 heterocycles. The zero-order chi connectivity index (χ0) is 14.4. The van der Waals surface area contributed by atoms with Crippen molar-refractivity contribution in [1.82, 2.24) is 0 Å². The van der Waals surface area contributed by atoms with Crippen LogP contribution in [-0.2, 0) is 4.74 Å². The van der Waals surface area contributed by atoms with Crippen molar-refractivity contribution in [3.63, 3.8) is 0 Å². The highest BCUT2D eigenvalue weighted by molar-refractivity contribution is 7.10. The molecular weight excluding hydrogens is 270 g/mol. The van der Waals surface area contributed by atoms with Gasteiger partial charge in [0, 0.05) is 12.0 Å². The summed E-state index contributed by atoms with van der Waals surface area (Å²) in [4.78, 5) is 1.31. The summed E-state index contributed by atoms with van der Waals surface area (Å²) in [5, 5.41) is 5.61. The largest absolute Gasteiger partial charge is 0.489 e. The van der Waals surface area contributed by atoms with E-state index in [-0.39, 0.29) is 6.04 Å². The Kier molecular flexibility index (Phi) is 5.44. The van der Waals surface area contributed by atoms with Crippen LogP contribution in [-0.4, -0.2) is 20.3 Å². The molecule has 0 spiro atoms. The van der Waals surface area contributed by atoms with E-state index in [1.54, 1.807) is 18.4 Å². The molecule has 0 aliphatic heterocycles. The van der Waals surface area contributed by atoms with E-state index in [0.29, 0.717) is 13.2 Å². The number of rotatable bonds is 7.